The molecule has 3 aromatic rings. The Bertz CT molecular complexity index is 2720. The van der Waals surface area contributed by atoms with Gasteiger partial charge in [-0.05, 0) is 74.1 Å². The van der Waals surface area contributed by atoms with Crippen molar-refractivity contribution in [3.05, 3.63) is 107 Å². The number of carbonyl (C=O) groups is 6. The Morgan fingerprint density at radius 1 is 0.620 bits per heavy atom. The fourth-order valence-electron chi connectivity index (χ4n) is 10.6. The summed E-state index contributed by atoms with van der Waals surface area (Å²) in [6.45, 7) is 18.4. The van der Waals surface area contributed by atoms with Crippen molar-refractivity contribution >= 4 is 41.0 Å². The number of benzene rings is 3. The van der Waals surface area contributed by atoms with E-state index < -0.39 is 53.5 Å². The molecule has 23 heteroatoms. The molecule has 2 saturated heterocycles. The number of methoxy groups -OCH3 is 1. The number of amides is 2. The molecule has 92 heavy (non-hydrogen) atoms. The van der Waals surface area contributed by atoms with Crippen LogP contribution in [0.15, 0.2) is 100 Å². The fourth-order valence-corrected chi connectivity index (χ4v) is 10.6. The topological polar surface area (TPSA) is 268 Å². The highest BCUT2D eigenvalue weighted by Gasteiger charge is 2.50. The van der Waals surface area contributed by atoms with Gasteiger partial charge in [0.1, 0.15) is 25.2 Å². The van der Waals surface area contributed by atoms with E-state index in [9.17, 15) is 28.8 Å². The summed E-state index contributed by atoms with van der Waals surface area (Å²) >= 11 is 0. The molecule has 0 radical (unpaired) electrons. The van der Waals surface area contributed by atoms with Gasteiger partial charge in [0.05, 0.1) is 137 Å². The number of quaternary nitrogens is 1. The third-order valence-corrected chi connectivity index (χ3v) is 16.0. The molecule has 23 nitrogen and oxygen atoms in total. The van der Waals surface area contributed by atoms with Gasteiger partial charge in [0, 0.05) is 43.8 Å². The van der Waals surface area contributed by atoms with Gasteiger partial charge >= 0.3 is 5.97 Å². The summed E-state index contributed by atoms with van der Waals surface area (Å²) in [5, 5.41) is 14.6. The van der Waals surface area contributed by atoms with Gasteiger partial charge in [0.15, 0.2) is 29.4 Å². The summed E-state index contributed by atoms with van der Waals surface area (Å²) < 4.78 is 60.9. The Morgan fingerprint density at radius 3 is 1.65 bits per heavy atom. The van der Waals surface area contributed by atoms with E-state index in [-0.39, 0.29) is 72.8 Å². The molecule has 6 atom stereocenters. The van der Waals surface area contributed by atoms with Crippen LogP contribution in [-0.4, -0.2) is 222 Å². The minimum absolute atomic E-state index is 0.0110. The van der Waals surface area contributed by atoms with Gasteiger partial charge in [-0.15, -0.1) is 5.11 Å². The van der Waals surface area contributed by atoms with Crippen molar-refractivity contribution in [3.63, 3.8) is 0 Å². The highest BCUT2D eigenvalue weighted by atomic mass is 16.6. The van der Waals surface area contributed by atoms with Crippen molar-refractivity contribution < 1.29 is 85.4 Å². The number of hydrogen-bond donors (Lipinski definition) is 2. The number of carbonyl (C=O) groups excluding carboxylic acids is 6. The number of rotatable bonds is 50. The number of ketones is 3. The molecular weight excluding hydrogens is 1180 g/mol. The lowest BCUT2D eigenvalue weighted by atomic mass is 9.87. The van der Waals surface area contributed by atoms with Gasteiger partial charge in [0.2, 0.25) is 18.5 Å². The number of aliphatic imine (C=N–C) groups is 1. The van der Waals surface area contributed by atoms with Crippen LogP contribution in [0.3, 0.4) is 0 Å². The van der Waals surface area contributed by atoms with Crippen LogP contribution in [0, 0.1) is 23.7 Å². The molecule has 508 valence electrons. The van der Waals surface area contributed by atoms with Gasteiger partial charge in [-0.2, -0.15) is 5.11 Å². The van der Waals surface area contributed by atoms with E-state index in [1.165, 1.54) is 0 Å². The molecule has 0 aromatic heterocycles. The average molecular weight is 1290 g/mol. The molecular formula is C69H101N6O17+. The lowest BCUT2D eigenvalue weighted by Crippen LogP contribution is -2.59. The maximum absolute atomic E-state index is 14.7. The fraction of sp³-hybridized carbons (Fsp3) is 0.638. The second-order valence-electron chi connectivity index (χ2n) is 24.7. The smallest absolute Gasteiger partial charge is 0.342 e. The van der Waals surface area contributed by atoms with Gasteiger partial charge < -0.3 is 62.7 Å². The third kappa shape index (κ3) is 28.2. The van der Waals surface area contributed by atoms with Gasteiger partial charge in [0.25, 0.3) is 0 Å². The highest BCUT2D eigenvalue weighted by molar-refractivity contribution is 6.01. The molecule has 2 fully saturated rings. The zero-order valence-corrected chi connectivity index (χ0v) is 55.1. The molecule has 3 aliphatic rings. The normalized spacial score (nSPS) is 18.0. The lowest BCUT2D eigenvalue weighted by Gasteiger charge is -2.39. The van der Waals surface area contributed by atoms with Crippen molar-refractivity contribution in [1.29, 1.82) is 0 Å². The Hall–Kier alpha value is -6.09. The van der Waals surface area contributed by atoms with Crippen molar-refractivity contribution in [2.75, 3.05) is 152 Å². The molecule has 3 aliphatic heterocycles. The maximum atomic E-state index is 14.7. The second-order valence-corrected chi connectivity index (χ2v) is 24.7. The predicted molar refractivity (Wildman–Crippen MR) is 343 cm³/mol. The SMILES string of the molecule is COCCOCCOCCOCCOCCOCCOCCOCCC1N=NC(c2ccc(C(=O)OC[N+]3(CC(=O)C[C@@H](CCc4ccccc4)C(=O)N[C@@H](CC(C)C)C(=O)C[C@@H](Cc4ccccc4)C(=O)N[C@@H](CC(C)C)C(=O)[C@@]4(C)CO4)CCOCC3)cc2)=N1. The van der Waals surface area contributed by atoms with Crippen molar-refractivity contribution in [2.45, 2.75) is 110 Å². The van der Waals surface area contributed by atoms with Crippen LogP contribution in [0.25, 0.3) is 0 Å². The first-order valence-corrected chi connectivity index (χ1v) is 32.7. The van der Waals surface area contributed by atoms with Crippen LogP contribution in [0.4, 0.5) is 0 Å². The van der Waals surface area contributed by atoms with Gasteiger partial charge in [-0.25, -0.2) is 9.79 Å². The largest absolute Gasteiger partial charge is 0.411 e. The minimum Gasteiger partial charge on any atom is -0.411 e. The first-order valence-electron chi connectivity index (χ1n) is 32.7. The Kier molecular flexibility index (Phi) is 33.9. The molecule has 3 aromatic carbocycles. The van der Waals surface area contributed by atoms with E-state index in [4.69, 9.17) is 52.1 Å². The first-order chi connectivity index (χ1) is 44.5. The van der Waals surface area contributed by atoms with Crippen LogP contribution in [0.5, 0.6) is 0 Å². The summed E-state index contributed by atoms with van der Waals surface area (Å²) in [5.74, 6) is -3.26. The minimum atomic E-state index is -0.953. The van der Waals surface area contributed by atoms with Crippen LogP contribution in [0.2, 0.25) is 0 Å². The average Bonchev–Trinajstić information content (AvgIpc) is 1.67. The van der Waals surface area contributed by atoms with Crippen LogP contribution < -0.4 is 10.6 Å². The molecule has 0 bridgehead atoms. The van der Waals surface area contributed by atoms with Crippen LogP contribution in [0.1, 0.15) is 100 Å². The van der Waals surface area contributed by atoms with E-state index in [0.29, 0.717) is 174 Å². The van der Waals surface area contributed by atoms with E-state index in [1.807, 2.05) is 88.4 Å². The number of ether oxygens (including phenoxy) is 11. The molecule has 0 saturated carbocycles. The number of hydrogen-bond acceptors (Lipinski definition) is 20. The predicted octanol–water partition coefficient (Wildman–Crippen LogP) is 6.79. The van der Waals surface area contributed by atoms with Crippen molar-refractivity contribution in [3.8, 4) is 0 Å². The lowest BCUT2D eigenvalue weighted by molar-refractivity contribution is -0.943. The van der Waals surface area contributed by atoms with Crippen molar-refractivity contribution in [2.24, 2.45) is 38.9 Å². The van der Waals surface area contributed by atoms with Gasteiger partial charge in [-0.3, -0.25) is 28.5 Å². The van der Waals surface area contributed by atoms with E-state index in [1.54, 1.807) is 38.3 Å². The monoisotopic (exact) mass is 1290 g/mol. The molecule has 2 N–H and O–H groups in total. The van der Waals surface area contributed by atoms with Crippen LogP contribution in [-0.2, 0) is 88.9 Å². The van der Waals surface area contributed by atoms with Crippen molar-refractivity contribution in [1.82, 2.24) is 10.6 Å². The quantitative estimate of drug-likeness (QED) is 0.0255. The number of aryl methyl sites for hydroxylation is 1. The summed E-state index contributed by atoms with van der Waals surface area (Å²) in [5.41, 5.74) is 1.87. The van der Waals surface area contributed by atoms with E-state index >= 15 is 0 Å². The molecule has 0 aliphatic carbocycles. The number of epoxide rings is 1. The molecule has 1 unspecified atom stereocenters. The first kappa shape index (κ1) is 74.9. The number of nitrogens with zero attached hydrogens (tertiary/aromatic N) is 4. The summed E-state index contributed by atoms with van der Waals surface area (Å²) in [6.07, 6.45) is 1.60. The van der Waals surface area contributed by atoms with E-state index in [0.717, 1.165) is 11.1 Å². The second kappa shape index (κ2) is 41.6. The number of azo groups is 1. The zero-order valence-electron chi connectivity index (χ0n) is 55.1. The highest BCUT2D eigenvalue weighted by Crippen LogP contribution is 2.30. The third-order valence-electron chi connectivity index (χ3n) is 16.0. The summed E-state index contributed by atoms with van der Waals surface area (Å²) in [7, 11) is 1.64. The number of nitrogens with one attached hydrogen (secondary N) is 2. The maximum Gasteiger partial charge on any atom is 0.342 e. The Balaban J connectivity index is 0.945. The molecule has 6 rings (SSSR count). The Morgan fingerprint density at radius 2 is 1.12 bits per heavy atom. The number of esters is 1. The Labute approximate surface area is 543 Å². The number of Topliss-reactive ketones (excluding diaryl/α,β-unsaturated/α-hetero) is 3. The molecule has 0 spiro atoms. The number of morpholine rings is 1. The number of amidine groups is 1. The van der Waals surface area contributed by atoms with Gasteiger partial charge in [-0.1, -0.05) is 100 Å². The van der Waals surface area contributed by atoms with E-state index in [2.05, 4.69) is 25.9 Å². The summed E-state index contributed by atoms with van der Waals surface area (Å²) in [6, 6.07) is 24.1. The summed E-state index contributed by atoms with van der Waals surface area (Å²) in [4.78, 5) is 90.0. The molecule has 2 amide bonds. The zero-order chi connectivity index (χ0) is 65.8. The molecule has 3 heterocycles. The standard InChI is InChI=1S/C69H100N6O17/c1-51(2)43-60(62(77)47-58(45-54-15-11-8-12-16-54)67(80)71-61(44-52(3)4)64(78)69(5)49-92-69)70-66(79)57(18-17-53-13-9-7-10-14-53)46-59(76)48-75(24-27-84-28-25-75)50-91-68(81)56-21-19-55(20-22-56)65-72-63(73-74-65)23-26-83-31-32-86-35-36-88-39-40-90-42-41-89-38-37-87-34-33-85-30-29-82-6/h7-16,19-22,51-52,57-58,60-61,63H,17-18,23-50H2,1-6H3,(H-,70,71,79,80)/p+1/t57-,58-,60+,61+,63?,69-/m1/s1. The van der Waals surface area contributed by atoms with Crippen LogP contribution >= 0.6 is 0 Å².